The van der Waals surface area contributed by atoms with Gasteiger partial charge in [-0.05, 0) is 62.8 Å². The van der Waals surface area contributed by atoms with E-state index in [0.717, 1.165) is 31.2 Å². The predicted octanol–water partition coefficient (Wildman–Crippen LogP) is 2.75. The number of nitrogens with one attached hydrogen (secondary N) is 1. The van der Waals surface area contributed by atoms with Crippen molar-refractivity contribution in [1.82, 2.24) is 19.5 Å². The lowest BCUT2D eigenvalue weighted by Crippen LogP contribution is -2.54. The molecule has 3 fully saturated rings. The number of rotatable bonds is 6. The standard InChI is InChI=1S/C25H30N4O3S/c1-18-16-21(24(31)29(18)25(12-13-25)19-8-7-14-26-17-19)27-23(30)22-11-5-6-15-28(22)33(32)20-9-3-2-4-10-20/h2-4,7-10,14,17-18,21-22H,5-6,11-13,15-16H2,1H3,(H,27,30). The zero-order chi connectivity index (χ0) is 23.0. The van der Waals surface area contributed by atoms with Crippen LogP contribution in [0.5, 0.6) is 0 Å². The van der Waals surface area contributed by atoms with Gasteiger partial charge in [0.25, 0.3) is 0 Å². The highest BCUT2D eigenvalue weighted by Crippen LogP contribution is 2.53. The zero-order valence-electron chi connectivity index (χ0n) is 18.9. The molecule has 3 heterocycles. The van der Waals surface area contributed by atoms with Crippen molar-refractivity contribution in [3.8, 4) is 0 Å². The first-order valence-electron chi connectivity index (χ1n) is 11.8. The van der Waals surface area contributed by atoms with E-state index in [1.54, 1.807) is 10.5 Å². The molecule has 5 rings (SSSR count). The van der Waals surface area contributed by atoms with Gasteiger partial charge in [-0.1, -0.05) is 30.7 Å². The lowest BCUT2D eigenvalue weighted by molar-refractivity contribution is -0.137. The van der Waals surface area contributed by atoms with Gasteiger partial charge >= 0.3 is 0 Å². The Balaban J connectivity index is 1.30. The SMILES string of the molecule is CC1CC(NC(=O)C2CCCCN2S(=O)c2ccccc2)C(=O)N1C1(c2cccnc2)CC1. The summed E-state index contributed by atoms with van der Waals surface area (Å²) in [5.74, 6) is -0.221. The Morgan fingerprint density at radius 2 is 1.94 bits per heavy atom. The number of pyridine rings is 1. The van der Waals surface area contributed by atoms with Gasteiger partial charge in [-0.25, -0.2) is 8.51 Å². The minimum absolute atomic E-state index is 0.0243. The normalized spacial score (nSPS) is 27.8. The first-order valence-corrected chi connectivity index (χ1v) is 12.9. The number of amides is 2. The number of piperidine rings is 1. The number of aromatic nitrogens is 1. The molecular weight excluding hydrogens is 436 g/mol. The summed E-state index contributed by atoms with van der Waals surface area (Å²) in [5, 5.41) is 3.02. The first kappa shape index (κ1) is 22.2. The van der Waals surface area contributed by atoms with Crippen molar-refractivity contribution in [2.75, 3.05) is 6.54 Å². The molecule has 8 heteroatoms. The number of nitrogens with zero attached hydrogens (tertiary/aromatic N) is 3. The van der Waals surface area contributed by atoms with Crippen LogP contribution >= 0.6 is 0 Å². The van der Waals surface area contributed by atoms with E-state index in [-0.39, 0.29) is 23.4 Å². The van der Waals surface area contributed by atoms with Crippen molar-refractivity contribution in [3.63, 3.8) is 0 Å². The van der Waals surface area contributed by atoms with E-state index < -0.39 is 23.1 Å². The largest absolute Gasteiger partial charge is 0.343 e. The highest BCUT2D eigenvalue weighted by atomic mass is 32.2. The van der Waals surface area contributed by atoms with E-state index in [1.807, 2.05) is 53.6 Å². The van der Waals surface area contributed by atoms with Gasteiger partial charge in [-0.2, -0.15) is 0 Å². The minimum Gasteiger partial charge on any atom is -0.343 e. The number of hydrogen-bond acceptors (Lipinski definition) is 4. The van der Waals surface area contributed by atoms with Gasteiger partial charge in [0.2, 0.25) is 11.8 Å². The molecule has 4 atom stereocenters. The summed E-state index contributed by atoms with van der Waals surface area (Å²) in [4.78, 5) is 33.7. The summed E-state index contributed by atoms with van der Waals surface area (Å²) in [5.41, 5.74) is 0.768. The first-order chi connectivity index (χ1) is 16.0. The summed E-state index contributed by atoms with van der Waals surface area (Å²) >= 11 is 0. The molecule has 1 saturated carbocycles. The van der Waals surface area contributed by atoms with Crippen molar-refractivity contribution in [3.05, 3.63) is 60.4 Å². The Morgan fingerprint density at radius 3 is 2.64 bits per heavy atom. The molecule has 3 aliphatic rings. The maximum atomic E-state index is 13.4. The molecule has 0 radical (unpaired) electrons. The third kappa shape index (κ3) is 4.10. The molecule has 0 bridgehead atoms. The van der Waals surface area contributed by atoms with Gasteiger partial charge in [0, 0.05) is 25.0 Å². The Morgan fingerprint density at radius 1 is 1.15 bits per heavy atom. The van der Waals surface area contributed by atoms with E-state index in [0.29, 0.717) is 24.3 Å². The monoisotopic (exact) mass is 466 g/mol. The third-order valence-corrected chi connectivity index (χ3v) is 8.71. The Kier molecular flexibility index (Phi) is 6.05. The molecule has 2 amide bonds. The van der Waals surface area contributed by atoms with E-state index in [4.69, 9.17) is 0 Å². The van der Waals surface area contributed by atoms with E-state index >= 15 is 0 Å². The highest BCUT2D eigenvalue weighted by Gasteiger charge is 2.57. The molecule has 1 aromatic carbocycles. The number of carbonyl (C=O) groups excluding carboxylic acids is 2. The average Bonchev–Trinajstić information content (AvgIpc) is 3.60. The van der Waals surface area contributed by atoms with Crippen LogP contribution in [0.3, 0.4) is 0 Å². The summed E-state index contributed by atoms with van der Waals surface area (Å²) in [6, 6.07) is 12.2. The van der Waals surface area contributed by atoms with E-state index in [2.05, 4.69) is 17.2 Å². The fraction of sp³-hybridized carbons (Fsp3) is 0.480. The lowest BCUT2D eigenvalue weighted by Gasteiger charge is -2.34. The maximum Gasteiger partial charge on any atom is 0.246 e. The molecule has 1 aromatic heterocycles. The van der Waals surface area contributed by atoms with Crippen LogP contribution in [0.4, 0.5) is 0 Å². The molecule has 2 saturated heterocycles. The van der Waals surface area contributed by atoms with Gasteiger partial charge < -0.3 is 10.2 Å². The number of benzene rings is 1. The minimum atomic E-state index is -1.41. The van der Waals surface area contributed by atoms with Crippen LogP contribution < -0.4 is 5.32 Å². The summed E-state index contributed by atoms with van der Waals surface area (Å²) in [6.45, 7) is 2.66. The predicted molar refractivity (Wildman–Crippen MR) is 125 cm³/mol. The smallest absolute Gasteiger partial charge is 0.246 e. The molecule has 1 N–H and O–H groups in total. The fourth-order valence-corrected chi connectivity index (χ4v) is 6.80. The van der Waals surface area contributed by atoms with Crippen molar-refractivity contribution in [1.29, 1.82) is 0 Å². The fourth-order valence-electron chi connectivity index (χ4n) is 5.42. The second-order valence-electron chi connectivity index (χ2n) is 9.34. The summed E-state index contributed by atoms with van der Waals surface area (Å²) < 4.78 is 15.0. The Hall–Kier alpha value is -2.58. The molecule has 1 aliphatic carbocycles. The van der Waals surface area contributed by atoms with Gasteiger partial charge in [0.05, 0.1) is 10.4 Å². The molecule has 174 valence electrons. The number of carbonyl (C=O) groups is 2. The molecule has 7 nitrogen and oxygen atoms in total. The molecular formula is C25H30N4O3S. The van der Waals surface area contributed by atoms with Crippen LogP contribution in [0.2, 0.25) is 0 Å². The summed E-state index contributed by atoms with van der Waals surface area (Å²) in [7, 11) is -1.41. The van der Waals surface area contributed by atoms with Crippen molar-refractivity contribution in [2.45, 2.75) is 74.0 Å². The third-order valence-electron chi connectivity index (χ3n) is 7.17. The Labute approximate surface area is 197 Å². The van der Waals surface area contributed by atoms with Crippen LogP contribution in [0.1, 0.15) is 51.0 Å². The molecule has 0 spiro atoms. The topological polar surface area (TPSA) is 82.6 Å². The highest BCUT2D eigenvalue weighted by molar-refractivity contribution is 7.82. The zero-order valence-corrected chi connectivity index (χ0v) is 19.7. The van der Waals surface area contributed by atoms with Crippen LogP contribution in [-0.4, -0.2) is 54.9 Å². The number of likely N-dealkylation sites (tertiary alicyclic amines) is 1. The average molecular weight is 467 g/mol. The number of hydrogen-bond donors (Lipinski definition) is 1. The van der Waals surface area contributed by atoms with Crippen LogP contribution in [0.15, 0.2) is 59.8 Å². The molecule has 2 aromatic rings. The van der Waals surface area contributed by atoms with Crippen LogP contribution in [-0.2, 0) is 26.1 Å². The van der Waals surface area contributed by atoms with Crippen molar-refractivity contribution >= 4 is 22.8 Å². The van der Waals surface area contributed by atoms with Gasteiger partial charge in [0.15, 0.2) is 0 Å². The van der Waals surface area contributed by atoms with Gasteiger partial charge in [-0.15, -0.1) is 0 Å². The van der Waals surface area contributed by atoms with Crippen molar-refractivity contribution < 1.29 is 13.8 Å². The second-order valence-corrected chi connectivity index (χ2v) is 10.8. The maximum absolute atomic E-state index is 13.4. The lowest BCUT2D eigenvalue weighted by atomic mass is 10.0. The van der Waals surface area contributed by atoms with Crippen molar-refractivity contribution in [2.24, 2.45) is 0 Å². The molecule has 4 unspecified atom stereocenters. The van der Waals surface area contributed by atoms with E-state index in [9.17, 15) is 13.8 Å². The molecule has 2 aliphatic heterocycles. The van der Waals surface area contributed by atoms with Crippen LogP contribution in [0.25, 0.3) is 0 Å². The quantitative estimate of drug-likeness (QED) is 0.710. The van der Waals surface area contributed by atoms with Crippen LogP contribution in [0, 0.1) is 0 Å². The van der Waals surface area contributed by atoms with Gasteiger partial charge in [0.1, 0.15) is 23.1 Å². The van der Waals surface area contributed by atoms with E-state index in [1.165, 1.54) is 0 Å². The Bertz CT molecular complexity index is 1040. The second kappa shape index (κ2) is 8.99. The summed E-state index contributed by atoms with van der Waals surface area (Å²) in [6.07, 6.45) is 8.47. The van der Waals surface area contributed by atoms with Gasteiger partial charge in [-0.3, -0.25) is 14.6 Å². The molecule has 33 heavy (non-hydrogen) atoms.